The minimum atomic E-state index is 0.309. The van der Waals surface area contributed by atoms with Crippen LogP contribution in [-0.4, -0.2) is 0 Å². The van der Waals surface area contributed by atoms with E-state index in [1.54, 1.807) is 0 Å². The van der Waals surface area contributed by atoms with Crippen LogP contribution in [0, 0.1) is 22.7 Å². The highest BCUT2D eigenvalue weighted by Crippen LogP contribution is 2.58. The van der Waals surface area contributed by atoms with Gasteiger partial charge in [-0.2, -0.15) is 0 Å². The molecular formula is C28H42. The third kappa shape index (κ3) is 5.28. The largest absolute Gasteiger partial charge is 0.0961 e. The summed E-state index contributed by atoms with van der Waals surface area (Å²) in [4.78, 5) is 0. The third-order valence-corrected chi connectivity index (χ3v) is 7.17. The molecule has 2 saturated carbocycles. The molecule has 0 aromatic rings. The predicted octanol–water partition coefficient (Wildman–Crippen LogP) is 8.76. The molecule has 0 aromatic heterocycles. The van der Waals surface area contributed by atoms with E-state index in [0.717, 1.165) is 17.4 Å². The monoisotopic (exact) mass is 378 g/mol. The maximum Gasteiger partial charge on any atom is -0.00732 e. The second-order valence-corrected chi connectivity index (χ2v) is 9.94. The minimum absolute atomic E-state index is 0.309. The van der Waals surface area contributed by atoms with Gasteiger partial charge in [-0.05, 0) is 101 Å². The highest BCUT2D eigenvalue weighted by Gasteiger charge is 2.47. The Balaban J connectivity index is 2.22. The lowest BCUT2D eigenvalue weighted by molar-refractivity contribution is 0.0381. The van der Waals surface area contributed by atoms with Crippen LogP contribution in [-0.2, 0) is 0 Å². The van der Waals surface area contributed by atoms with Crippen LogP contribution in [0.15, 0.2) is 71.4 Å². The normalized spacial score (nSPS) is 35.0. The Morgan fingerprint density at radius 3 is 1.50 bits per heavy atom. The Labute approximate surface area is 174 Å². The first-order chi connectivity index (χ1) is 13.2. The molecule has 2 aliphatic rings. The molecule has 0 nitrogen and oxygen atoms in total. The van der Waals surface area contributed by atoms with Crippen LogP contribution in [0.5, 0.6) is 0 Å². The average molecular weight is 379 g/mol. The molecule has 0 aromatic carbocycles. The molecule has 0 radical (unpaired) electrons. The summed E-state index contributed by atoms with van der Waals surface area (Å²) in [7, 11) is 0. The Morgan fingerprint density at radius 1 is 0.714 bits per heavy atom. The van der Waals surface area contributed by atoms with Gasteiger partial charge >= 0.3 is 0 Å². The summed E-state index contributed by atoms with van der Waals surface area (Å²) in [6.45, 7) is 19.8. The molecule has 2 bridgehead atoms. The summed E-state index contributed by atoms with van der Waals surface area (Å²) < 4.78 is 0. The van der Waals surface area contributed by atoms with Gasteiger partial charge in [0.2, 0.25) is 0 Å². The number of hydrogen-bond donors (Lipinski definition) is 0. The van der Waals surface area contributed by atoms with Gasteiger partial charge < -0.3 is 0 Å². The summed E-state index contributed by atoms with van der Waals surface area (Å²) >= 11 is 0. The lowest BCUT2D eigenvalue weighted by atomic mass is 9.52. The summed E-state index contributed by atoms with van der Waals surface area (Å²) in [5, 5.41) is 0. The van der Waals surface area contributed by atoms with Crippen LogP contribution in [0.2, 0.25) is 0 Å². The van der Waals surface area contributed by atoms with Gasteiger partial charge in [-0.15, -0.1) is 0 Å². The number of fused-ring (bicyclic) bond motifs is 2. The molecular weight excluding hydrogens is 336 g/mol. The summed E-state index contributed by atoms with van der Waals surface area (Å²) in [5.41, 5.74) is 6.13. The highest BCUT2D eigenvalue weighted by atomic mass is 14.5. The molecule has 0 aliphatic heterocycles. The lowest BCUT2D eigenvalue weighted by Crippen LogP contribution is -2.41. The Hall–Kier alpha value is -1.56. The maximum atomic E-state index is 4.04. The van der Waals surface area contributed by atoms with E-state index >= 15 is 0 Å². The molecule has 2 aliphatic carbocycles. The Bertz CT molecular complexity index is 705. The smallest absolute Gasteiger partial charge is 0.00732 e. The maximum absolute atomic E-state index is 4.04. The zero-order chi connectivity index (χ0) is 20.9. The van der Waals surface area contributed by atoms with Crippen LogP contribution < -0.4 is 0 Å². The number of hydrogen-bond acceptors (Lipinski definition) is 0. The molecule has 0 saturated heterocycles. The average Bonchev–Trinajstić information content (AvgIpc) is 2.60. The second kappa shape index (κ2) is 9.29. The zero-order valence-corrected chi connectivity index (χ0v) is 19.4. The van der Waals surface area contributed by atoms with Crippen LogP contribution in [0.1, 0.15) is 80.6 Å². The minimum Gasteiger partial charge on any atom is -0.0961 e. The van der Waals surface area contributed by atoms with E-state index in [9.17, 15) is 0 Å². The van der Waals surface area contributed by atoms with Gasteiger partial charge in [-0.1, -0.05) is 74.1 Å². The second-order valence-electron chi connectivity index (χ2n) is 9.94. The first-order valence-electron chi connectivity index (χ1n) is 11.1. The van der Waals surface area contributed by atoms with E-state index in [4.69, 9.17) is 0 Å². The molecule has 0 heteroatoms. The molecule has 2 atom stereocenters. The van der Waals surface area contributed by atoms with Gasteiger partial charge in [-0.3, -0.25) is 0 Å². The van der Waals surface area contributed by atoms with E-state index < -0.39 is 0 Å². The fraction of sp³-hybridized carbons (Fsp3) is 0.571. The van der Waals surface area contributed by atoms with Crippen LogP contribution in [0.3, 0.4) is 0 Å². The van der Waals surface area contributed by atoms with Crippen molar-refractivity contribution in [2.45, 2.75) is 80.6 Å². The van der Waals surface area contributed by atoms with Crippen molar-refractivity contribution in [3.05, 3.63) is 71.4 Å². The van der Waals surface area contributed by atoms with Crippen LogP contribution >= 0.6 is 0 Å². The predicted molar refractivity (Wildman–Crippen MR) is 126 cm³/mol. The summed E-state index contributed by atoms with van der Waals surface area (Å²) in [5.74, 6) is 1.64. The molecule has 2 fully saturated rings. The van der Waals surface area contributed by atoms with Crippen molar-refractivity contribution < 1.29 is 0 Å². The Morgan fingerprint density at radius 2 is 1.14 bits per heavy atom. The standard InChI is InChI=1S/C28H42/c1-9-22(6)13-15-26(11-3)28(8)19-23-16-24(20-28)18-27(7,17-23)25(10-2)14-12-21(4)5/h9-15,23-24H,4,16-20H2,1-3,5-8H3/b14-12-,15-13-,22-9-,25-10?,26-11+. The molecule has 2 rings (SSSR count). The summed E-state index contributed by atoms with van der Waals surface area (Å²) in [6, 6.07) is 0. The van der Waals surface area contributed by atoms with Gasteiger partial charge in [0.1, 0.15) is 0 Å². The fourth-order valence-electron chi connectivity index (χ4n) is 5.98. The lowest BCUT2D eigenvalue weighted by Gasteiger charge is -2.52. The highest BCUT2D eigenvalue weighted by molar-refractivity contribution is 5.34. The van der Waals surface area contributed by atoms with E-state index in [1.807, 2.05) is 0 Å². The van der Waals surface area contributed by atoms with Crippen molar-refractivity contribution in [3.63, 3.8) is 0 Å². The van der Waals surface area contributed by atoms with Crippen molar-refractivity contribution in [2.24, 2.45) is 22.7 Å². The Kier molecular flexibility index (Phi) is 7.54. The quantitative estimate of drug-likeness (QED) is 0.405. The molecule has 0 spiro atoms. The van der Waals surface area contributed by atoms with E-state index in [-0.39, 0.29) is 0 Å². The van der Waals surface area contributed by atoms with Crippen molar-refractivity contribution >= 4 is 0 Å². The zero-order valence-electron chi connectivity index (χ0n) is 19.4. The van der Waals surface area contributed by atoms with Crippen LogP contribution in [0.4, 0.5) is 0 Å². The first-order valence-corrected chi connectivity index (χ1v) is 11.1. The van der Waals surface area contributed by atoms with Gasteiger partial charge in [0.15, 0.2) is 0 Å². The van der Waals surface area contributed by atoms with E-state index in [0.29, 0.717) is 10.8 Å². The molecule has 28 heavy (non-hydrogen) atoms. The molecule has 2 unspecified atom stereocenters. The van der Waals surface area contributed by atoms with E-state index in [2.05, 4.69) is 97.6 Å². The van der Waals surface area contributed by atoms with Gasteiger partial charge in [0.25, 0.3) is 0 Å². The van der Waals surface area contributed by atoms with Crippen molar-refractivity contribution in [2.75, 3.05) is 0 Å². The van der Waals surface area contributed by atoms with Crippen molar-refractivity contribution in [1.29, 1.82) is 0 Å². The molecule has 0 heterocycles. The third-order valence-electron chi connectivity index (χ3n) is 7.17. The number of rotatable bonds is 6. The molecule has 0 N–H and O–H groups in total. The van der Waals surface area contributed by atoms with Gasteiger partial charge in [0.05, 0.1) is 0 Å². The topological polar surface area (TPSA) is 0 Å². The molecule has 154 valence electrons. The number of allylic oxidation sites excluding steroid dienone is 11. The van der Waals surface area contributed by atoms with Gasteiger partial charge in [0, 0.05) is 0 Å². The van der Waals surface area contributed by atoms with Gasteiger partial charge in [-0.25, -0.2) is 0 Å². The van der Waals surface area contributed by atoms with E-state index in [1.165, 1.54) is 48.8 Å². The van der Waals surface area contributed by atoms with Crippen molar-refractivity contribution in [1.82, 2.24) is 0 Å². The van der Waals surface area contributed by atoms with Crippen molar-refractivity contribution in [3.8, 4) is 0 Å². The fourth-order valence-corrected chi connectivity index (χ4v) is 5.98. The van der Waals surface area contributed by atoms with Crippen LogP contribution in [0.25, 0.3) is 0 Å². The molecule has 0 amide bonds. The SMILES string of the molecule is C=C(C)/C=C\C(=CC)C1(C)CC2CC(C1)CC(C)(C(/C=C\C(C)=C/C)=C/C)C2. The summed E-state index contributed by atoms with van der Waals surface area (Å²) in [6.07, 6.45) is 22.7. The first kappa shape index (κ1) is 22.7.